The van der Waals surface area contributed by atoms with Gasteiger partial charge in [-0.05, 0) is 42.3 Å². The van der Waals surface area contributed by atoms with Crippen LogP contribution in [0.15, 0.2) is 42.7 Å². The second kappa shape index (κ2) is 5.06. The van der Waals surface area contributed by atoms with E-state index in [2.05, 4.69) is 27.4 Å². The molecule has 0 radical (unpaired) electrons. The van der Waals surface area contributed by atoms with Crippen molar-refractivity contribution >= 4 is 16.7 Å². The SMILES string of the molecule is Cc1ccc(C#N)cc1NCc1c[nH]c2ncccc12. The number of H-pyrrole nitrogens is 1. The normalized spacial score (nSPS) is 10.4. The van der Waals surface area contributed by atoms with Crippen LogP contribution in [0, 0.1) is 18.3 Å². The number of aryl methyl sites for hydroxylation is 1. The minimum atomic E-state index is 0.665. The minimum absolute atomic E-state index is 0.665. The van der Waals surface area contributed by atoms with Crippen LogP contribution in [0.1, 0.15) is 16.7 Å². The molecule has 2 N–H and O–H groups in total. The van der Waals surface area contributed by atoms with E-state index in [1.807, 2.05) is 37.4 Å². The van der Waals surface area contributed by atoms with Crippen molar-refractivity contribution < 1.29 is 0 Å². The van der Waals surface area contributed by atoms with E-state index in [4.69, 9.17) is 5.26 Å². The van der Waals surface area contributed by atoms with Crippen molar-refractivity contribution in [2.45, 2.75) is 13.5 Å². The molecule has 0 bridgehead atoms. The van der Waals surface area contributed by atoms with Gasteiger partial charge in [0, 0.05) is 30.0 Å². The lowest BCUT2D eigenvalue weighted by molar-refractivity contribution is 1.15. The number of rotatable bonds is 3. The zero-order valence-corrected chi connectivity index (χ0v) is 11.1. The van der Waals surface area contributed by atoms with Crippen LogP contribution in [0.5, 0.6) is 0 Å². The quantitative estimate of drug-likeness (QED) is 0.760. The van der Waals surface area contributed by atoms with Gasteiger partial charge in [0.15, 0.2) is 0 Å². The van der Waals surface area contributed by atoms with Crippen LogP contribution in [0.2, 0.25) is 0 Å². The van der Waals surface area contributed by atoms with Crippen molar-refractivity contribution in [1.29, 1.82) is 5.26 Å². The van der Waals surface area contributed by atoms with E-state index < -0.39 is 0 Å². The summed E-state index contributed by atoms with van der Waals surface area (Å²) in [6, 6.07) is 11.8. The minimum Gasteiger partial charge on any atom is -0.381 e. The van der Waals surface area contributed by atoms with Crippen LogP contribution >= 0.6 is 0 Å². The average Bonchev–Trinajstić information content (AvgIpc) is 2.90. The summed E-state index contributed by atoms with van der Waals surface area (Å²) in [4.78, 5) is 7.43. The Bertz CT molecular complexity index is 796. The first-order valence-corrected chi connectivity index (χ1v) is 6.43. The Morgan fingerprint density at radius 3 is 3.10 bits per heavy atom. The first-order chi connectivity index (χ1) is 9.78. The first kappa shape index (κ1) is 12.2. The third-order valence-corrected chi connectivity index (χ3v) is 3.37. The van der Waals surface area contributed by atoms with Crippen LogP contribution in [0.4, 0.5) is 5.69 Å². The van der Waals surface area contributed by atoms with E-state index in [1.54, 1.807) is 6.20 Å². The molecule has 0 unspecified atom stereocenters. The molecule has 4 heteroatoms. The fourth-order valence-corrected chi connectivity index (χ4v) is 2.23. The van der Waals surface area contributed by atoms with Gasteiger partial charge < -0.3 is 10.3 Å². The van der Waals surface area contributed by atoms with Gasteiger partial charge in [-0.25, -0.2) is 4.98 Å². The van der Waals surface area contributed by atoms with E-state index in [0.717, 1.165) is 27.8 Å². The highest BCUT2D eigenvalue weighted by Crippen LogP contribution is 2.20. The topological polar surface area (TPSA) is 64.5 Å². The fraction of sp³-hybridized carbons (Fsp3) is 0.125. The summed E-state index contributed by atoms with van der Waals surface area (Å²) in [5, 5.41) is 13.5. The molecule has 0 aliphatic rings. The summed E-state index contributed by atoms with van der Waals surface area (Å²) in [5.41, 5.74) is 4.84. The first-order valence-electron chi connectivity index (χ1n) is 6.43. The number of aromatic nitrogens is 2. The van der Waals surface area contributed by atoms with Gasteiger partial charge >= 0.3 is 0 Å². The van der Waals surface area contributed by atoms with Crippen molar-refractivity contribution in [3.8, 4) is 6.07 Å². The molecule has 0 spiro atoms. The third-order valence-electron chi connectivity index (χ3n) is 3.37. The standard InChI is InChI=1S/C16H14N4/c1-11-4-5-12(8-17)7-15(11)19-9-13-10-20-16-14(13)3-2-6-18-16/h2-7,10,19H,9H2,1H3,(H,18,20). The zero-order valence-electron chi connectivity index (χ0n) is 11.1. The maximum atomic E-state index is 8.96. The van der Waals surface area contributed by atoms with E-state index in [1.165, 1.54) is 0 Å². The molecule has 0 aliphatic carbocycles. The molecule has 3 aromatic rings. The number of fused-ring (bicyclic) bond motifs is 1. The van der Waals surface area contributed by atoms with Gasteiger partial charge in [0.25, 0.3) is 0 Å². The number of nitrogens with one attached hydrogen (secondary N) is 2. The van der Waals surface area contributed by atoms with Gasteiger partial charge in [-0.15, -0.1) is 0 Å². The Balaban J connectivity index is 1.85. The summed E-state index contributed by atoms with van der Waals surface area (Å²) in [7, 11) is 0. The Morgan fingerprint density at radius 2 is 2.25 bits per heavy atom. The molecule has 2 aromatic heterocycles. The van der Waals surface area contributed by atoms with E-state index in [0.29, 0.717) is 12.1 Å². The molecule has 0 fully saturated rings. The second-order valence-corrected chi connectivity index (χ2v) is 4.71. The molecular weight excluding hydrogens is 248 g/mol. The fourth-order valence-electron chi connectivity index (χ4n) is 2.23. The Hall–Kier alpha value is -2.80. The highest BCUT2D eigenvalue weighted by molar-refractivity contribution is 5.79. The second-order valence-electron chi connectivity index (χ2n) is 4.71. The van der Waals surface area contributed by atoms with Crippen molar-refractivity contribution in [1.82, 2.24) is 9.97 Å². The number of nitriles is 1. The molecule has 3 rings (SSSR count). The van der Waals surface area contributed by atoms with Crippen molar-refractivity contribution in [2.75, 3.05) is 5.32 Å². The molecule has 0 aliphatic heterocycles. The van der Waals surface area contributed by atoms with Crippen LogP contribution in [0.3, 0.4) is 0 Å². The van der Waals surface area contributed by atoms with Crippen molar-refractivity contribution in [3.63, 3.8) is 0 Å². The maximum Gasteiger partial charge on any atom is 0.137 e. The number of hydrogen-bond donors (Lipinski definition) is 2. The number of anilines is 1. The number of benzene rings is 1. The molecule has 98 valence electrons. The van der Waals surface area contributed by atoms with Crippen LogP contribution in [-0.2, 0) is 6.54 Å². The Morgan fingerprint density at radius 1 is 1.35 bits per heavy atom. The van der Waals surface area contributed by atoms with Crippen LogP contribution in [0.25, 0.3) is 11.0 Å². The molecule has 2 heterocycles. The molecule has 0 atom stereocenters. The summed E-state index contributed by atoms with van der Waals surface area (Å²) in [6.45, 7) is 2.72. The van der Waals surface area contributed by atoms with E-state index in [9.17, 15) is 0 Å². The monoisotopic (exact) mass is 262 g/mol. The van der Waals surface area contributed by atoms with Gasteiger partial charge in [-0.1, -0.05) is 6.07 Å². The summed E-state index contributed by atoms with van der Waals surface area (Å²) >= 11 is 0. The number of aromatic amines is 1. The molecule has 1 aromatic carbocycles. The lowest BCUT2D eigenvalue weighted by atomic mass is 10.1. The molecule has 0 saturated carbocycles. The number of hydrogen-bond acceptors (Lipinski definition) is 3. The predicted molar refractivity (Wildman–Crippen MR) is 79.3 cm³/mol. The van der Waals surface area contributed by atoms with Gasteiger partial charge in [-0.3, -0.25) is 0 Å². The van der Waals surface area contributed by atoms with Crippen LogP contribution < -0.4 is 5.32 Å². The van der Waals surface area contributed by atoms with Crippen molar-refractivity contribution in [2.24, 2.45) is 0 Å². The predicted octanol–water partition coefficient (Wildman–Crippen LogP) is 3.36. The van der Waals surface area contributed by atoms with Gasteiger partial charge in [0.2, 0.25) is 0 Å². The van der Waals surface area contributed by atoms with Crippen LogP contribution in [-0.4, -0.2) is 9.97 Å². The lowest BCUT2D eigenvalue weighted by Crippen LogP contribution is -2.00. The maximum absolute atomic E-state index is 8.96. The van der Waals surface area contributed by atoms with E-state index >= 15 is 0 Å². The van der Waals surface area contributed by atoms with Gasteiger partial charge in [0.05, 0.1) is 11.6 Å². The number of pyridine rings is 1. The number of nitrogens with zero attached hydrogens (tertiary/aromatic N) is 2. The van der Waals surface area contributed by atoms with Crippen molar-refractivity contribution in [3.05, 3.63) is 59.4 Å². The van der Waals surface area contributed by atoms with E-state index in [-0.39, 0.29) is 0 Å². The Kier molecular flexibility index (Phi) is 3.10. The summed E-state index contributed by atoms with van der Waals surface area (Å²) < 4.78 is 0. The molecular formula is C16H14N4. The smallest absolute Gasteiger partial charge is 0.137 e. The average molecular weight is 262 g/mol. The molecule has 20 heavy (non-hydrogen) atoms. The molecule has 4 nitrogen and oxygen atoms in total. The van der Waals surface area contributed by atoms with Gasteiger partial charge in [0.1, 0.15) is 5.65 Å². The zero-order chi connectivity index (χ0) is 13.9. The molecule has 0 saturated heterocycles. The molecule has 0 amide bonds. The third kappa shape index (κ3) is 2.21. The largest absolute Gasteiger partial charge is 0.381 e. The Labute approximate surface area is 117 Å². The summed E-state index contributed by atoms with van der Waals surface area (Å²) in [5.74, 6) is 0. The van der Waals surface area contributed by atoms with Gasteiger partial charge in [-0.2, -0.15) is 5.26 Å². The lowest BCUT2D eigenvalue weighted by Gasteiger charge is -2.09. The highest BCUT2D eigenvalue weighted by atomic mass is 14.9. The highest BCUT2D eigenvalue weighted by Gasteiger charge is 2.05. The summed E-state index contributed by atoms with van der Waals surface area (Å²) in [6.07, 6.45) is 3.74.